The van der Waals surface area contributed by atoms with Crippen LogP contribution in [0.1, 0.15) is 13.3 Å². The molecule has 0 unspecified atom stereocenters. The van der Waals surface area contributed by atoms with Crippen molar-refractivity contribution in [2.75, 3.05) is 13.7 Å². The third-order valence-corrected chi connectivity index (χ3v) is 2.49. The van der Waals surface area contributed by atoms with Gasteiger partial charge in [0.15, 0.2) is 11.5 Å². The Kier molecular flexibility index (Phi) is 3.36. The van der Waals surface area contributed by atoms with Gasteiger partial charge < -0.3 is 14.5 Å². The second kappa shape index (κ2) is 4.95. The van der Waals surface area contributed by atoms with E-state index in [1.165, 1.54) is 7.11 Å². The summed E-state index contributed by atoms with van der Waals surface area (Å²) in [5, 5.41) is 0.357. The molecule has 6 heteroatoms. The van der Waals surface area contributed by atoms with E-state index in [0.717, 1.165) is 6.42 Å². The molecule has 0 saturated heterocycles. The molecule has 0 aliphatic rings. The Hall–Kier alpha value is -2.24. The van der Waals surface area contributed by atoms with Crippen LogP contribution >= 0.6 is 0 Å². The lowest BCUT2D eigenvalue weighted by atomic mass is 10.2. The Morgan fingerprint density at radius 3 is 2.61 bits per heavy atom. The Balaban J connectivity index is 2.65. The number of nitrogens with one attached hydrogen (secondary N) is 2. The maximum absolute atomic E-state index is 11.6. The lowest BCUT2D eigenvalue weighted by molar-refractivity contribution is 0.295. The third kappa shape index (κ3) is 2.22. The van der Waals surface area contributed by atoms with Crippen LogP contribution in [0.15, 0.2) is 21.7 Å². The fourth-order valence-electron chi connectivity index (χ4n) is 1.66. The van der Waals surface area contributed by atoms with Crippen molar-refractivity contribution in [1.82, 2.24) is 9.97 Å². The Bertz CT molecular complexity index is 672. The number of aromatic nitrogens is 2. The highest BCUT2D eigenvalue weighted by Crippen LogP contribution is 2.29. The van der Waals surface area contributed by atoms with Crippen molar-refractivity contribution in [3.8, 4) is 11.5 Å². The molecule has 0 radical (unpaired) electrons. The van der Waals surface area contributed by atoms with Crippen LogP contribution in [0.4, 0.5) is 0 Å². The van der Waals surface area contributed by atoms with Gasteiger partial charge in [0.25, 0.3) is 5.56 Å². The van der Waals surface area contributed by atoms with Crippen LogP contribution in [0, 0.1) is 0 Å². The maximum Gasteiger partial charge on any atom is 0.326 e. The fourth-order valence-corrected chi connectivity index (χ4v) is 1.66. The molecule has 0 fully saturated rings. The first-order valence-electron chi connectivity index (χ1n) is 5.63. The zero-order valence-corrected chi connectivity index (χ0v) is 10.2. The standard InChI is InChI=1S/C12H14N2O4/c1-3-4-18-10-6-8-7(5-9(10)17-2)11(15)14-12(16)13-8/h5-6H,3-4H2,1-2H3,(H2,13,14,15,16). The SMILES string of the molecule is CCCOc1cc2[nH]c(=O)[nH]c(=O)c2cc1OC. The number of aromatic amines is 2. The number of hydrogen-bond donors (Lipinski definition) is 2. The fraction of sp³-hybridized carbons (Fsp3) is 0.333. The van der Waals surface area contributed by atoms with Crippen molar-refractivity contribution in [3.63, 3.8) is 0 Å². The molecular formula is C12H14N2O4. The zero-order valence-electron chi connectivity index (χ0n) is 10.2. The number of rotatable bonds is 4. The van der Waals surface area contributed by atoms with E-state index in [-0.39, 0.29) is 0 Å². The molecule has 6 nitrogen and oxygen atoms in total. The normalized spacial score (nSPS) is 10.6. The summed E-state index contributed by atoms with van der Waals surface area (Å²) in [7, 11) is 1.50. The zero-order chi connectivity index (χ0) is 13.1. The molecule has 0 atom stereocenters. The number of methoxy groups -OCH3 is 1. The summed E-state index contributed by atoms with van der Waals surface area (Å²) in [5.41, 5.74) is -0.566. The van der Waals surface area contributed by atoms with Crippen molar-refractivity contribution < 1.29 is 9.47 Å². The van der Waals surface area contributed by atoms with Gasteiger partial charge in [0.05, 0.1) is 24.6 Å². The maximum atomic E-state index is 11.6. The molecule has 0 amide bonds. The molecular weight excluding hydrogens is 236 g/mol. The highest BCUT2D eigenvalue weighted by molar-refractivity contribution is 5.81. The molecule has 2 rings (SSSR count). The quantitative estimate of drug-likeness (QED) is 0.848. The number of ether oxygens (including phenoxy) is 2. The van der Waals surface area contributed by atoms with Crippen LogP contribution in [-0.2, 0) is 0 Å². The Morgan fingerprint density at radius 1 is 1.17 bits per heavy atom. The molecule has 96 valence electrons. The monoisotopic (exact) mass is 250 g/mol. The van der Waals surface area contributed by atoms with Gasteiger partial charge >= 0.3 is 5.69 Å². The van der Waals surface area contributed by atoms with Crippen LogP contribution in [0.5, 0.6) is 11.5 Å². The predicted octanol–water partition coefficient (Wildman–Crippen LogP) is 1.01. The molecule has 0 aliphatic carbocycles. The smallest absolute Gasteiger partial charge is 0.326 e. The van der Waals surface area contributed by atoms with E-state index in [1.54, 1.807) is 12.1 Å². The van der Waals surface area contributed by atoms with Crippen LogP contribution in [-0.4, -0.2) is 23.7 Å². The molecule has 0 saturated carbocycles. The van der Waals surface area contributed by atoms with Gasteiger partial charge in [-0.1, -0.05) is 6.92 Å². The molecule has 1 heterocycles. The topological polar surface area (TPSA) is 84.2 Å². The van der Waals surface area contributed by atoms with E-state index in [9.17, 15) is 9.59 Å². The molecule has 0 aliphatic heterocycles. The van der Waals surface area contributed by atoms with Crippen molar-refractivity contribution in [3.05, 3.63) is 33.0 Å². The van der Waals surface area contributed by atoms with Gasteiger partial charge in [-0.3, -0.25) is 9.78 Å². The highest BCUT2D eigenvalue weighted by atomic mass is 16.5. The molecule has 2 N–H and O–H groups in total. The number of benzene rings is 1. The summed E-state index contributed by atoms with van der Waals surface area (Å²) >= 11 is 0. The van der Waals surface area contributed by atoms with Crippen LogP contribution in [0.2, 0.25) is 0 Å². The highest BCUT2D eigenvalue weighted by Gasteiger charge is 2.09. The molecule has 1 aromatic carbocycles. The van der Waals surface area contributed by atoms with Crippen LogP contribution in [0.3, 0.4) is 0 Å². The van der Waals surface area contributed by atoms with Crippen molar-refractivity contribution in [2.45, 2.75) is 13.3 Å². The Morgan fingerprint density at radius 2 is 1.94 bits per heavy atom. The van der Waals surface area contributed by atoms with Gasteiger partial charge in [0.1, 0.15) is 0 Å². The van der Waals surface area contributed by atoms with Gasteiger partial charge in [0.2, 0.25) is 0 Å². The van der Waals surface area contributed by atoms with Crippen molar-refractivity contribution in [1.29, 1.82) is 0 Å². The van der Waals surface area contributed by atoms with Crippen molar-refractivity contribution >= 4 is 10.9 Å². The van der Waals surface area contributed by atoms with Gasteiger partial charge in [-0.15, -0.1) is 0 Å². The summed E-state index contributed by atoms with van der Waals surface area (Å²) in [6.07, 6.45) is 0.854. The molecule has 18 heavy (non-hydrogen) atoms. The van der Waals surface area contributed by atoms with Gasteiger partial charge in [0, 0.05) is 6.07 Å². The number of fused-ring (bicyclic) bond motifs is 1. The molecule has 0 spiro atoms. The summed E-state index contributed by atoms with van der Waals surface area (Å²) in [6.45, 7) is 2.52. The molecule has 0 bridgehead atoms. The predicted molar refractivity (Wildman–Crippen MR) is 67.5 cm³/mol. The average Bonchev–Trinajstić information content (AvgIpc) is 2.35. The van der Waals surface area contributed by atoms with Gasteiger partial charge in [-0.05, 0) is 12.5 Å². The molecule has 2 aromatic rings. The lowest BCUT2D eigenvalue weighted by Gasteiger charge is -2.10. The minimum absolute atomic E-state index is 0.357. The minimum atomic E-state index is -0.542. The summed E-state index contributed by atoms with van der Waals surface area (Å²) in [4.78, 5) is 27.5. The second-order valence-electron chi connectivity index (χ2n) is 3.81. The summed E-state index contributed by atoms with van der Waals surface area (Å²) < 4.78 is 10.7. The van der Waals surface area contributed by atoms with E-state index in [0.29, 0.717) is 29.0 Å². The summed E-state index contributed by atoms with van der Waals surface area (Å²) in [5.74, 6) is 0.974. The van der Waals surface area contributed by atoms with Crippen LogP contribution < -0.4 is 20.7 Å². The second-order valence-corrected chi connectivity index (χ2v) is 3.81. The summed E-state index contributed by atoms with van der Waals surface area (Å²) in [6, 6.07) is 3.15. The number of hydrogen-bond acceptors (Lipinski definition) is 4. The Labute approximate surface area is 103 Å². The average molecular weight is 250 g/mol. The largest absolute Gasteiger partial charge is 0.493 e. The van der Waals surface area contributed by atoms with E-state index in [4.69, 9.17) is 9.47 Å². The number of H-pyrrole nitrogens is 2. The van der Waals surface area contributed by atoms with Gasteiger partial charge in [-0.2, -0.15) is 0 Å². The van der Waals surface area contributed by atoms with Crippen LogP contribution in [0.25, 0.3) is 10.9 Å². The minimum Gasteiger partial charge on any atom is -0.493 e. The van der Waals surface area contributed by atoms with E-state index >= 15 is 0 Å². The first-order valence-corrected chi connectivity index (χ1v) is 5.63. The third-order valence-electron chi connectivity index (χ3n) is 2.49. The lowest BCUT2D eigenvalue weighted by Crippen LogP contribution is -2.21. The first-order chi connectivity index (χ1) is 8.65. The van der Waals surface area contributed by atoms with E-state index < -0.39 is 11.2 Å². The van der Waals surface area contributed by atoms with E-state index in [1.807, 2.05) is 6.92 Å². The van der Waals surface area contributed by atoms with Crippen molar-refractivity contribution in [2.24, 2.45) is 0 Å². The molecule has 1 aromatic heterocycles. The van der Waals surface area contributed by atoms with E-state index in [2.05, 4.69) is 9.97 Å². The first kappa shape index (κ1) is 12.2. The van der Waals surface area contributed by atoms with Gasteiger partial charge in [-0.25, -0.2) is 4.79 Å².